The third-order valence-electron chi connectivity index (χ3n) is 2.84. The van der Waals surface area contributed by atoms with Crippen LogP contribution < -0.4 is 15.0 Å². The number of thiocarbonyl (C=S) groups is 1. The summed E-state index contributed by atoms with van der Waals surface area (Å²) in [5.74, 6) is 0.787. The summed E-state index contributed by atoms with van der Waals surface area (Å²) in [7, 11) is 0. The van der Waals surface area contributed by atoms with E-state index >= 15 is 0 Å². The number of ether oxygens (including phenoxy) is 1. The molecule has 0 spiro atoms. The van der Waals surface area contributed by atoms with E-state index in [2.05, 4.69) is 21.2 Å². The second kappa shape index (κ2) is 5.64. The molecule has 5 heteroatoms. The third kappa shape index (κ3) is 2.69. The Morgan fingerprint density at radius 1 is 1.10 bits per heavy atom. The number of nitrogens with one attached hydrogen (secondary N) is 1. The molecule has 3 rings (SSSR count). The van der Waals surface area contributed by atoms with Gasteiger partial charge < -0.3 is 10.1 Å². The maximum Gasteiger partial charge on any atom is 0.182 e. The molecule has 2 aromatic rings. The Morgan fingerprint density at radius 2 is 1.85 bits per heavy atom. The Kier molecular flexibility index (Phi) is 3.71. The van der Waals surface area contributed by atoms with Crippen LogP contribution in [0.4, 0.5) is 11.4 Å². The lowest BCUT2D eigenvalue weighted by Crippen LogP contribution is -2.31. The second-order valence-electron chi connectivity index (χ2n) is 4.18. The Balaban J connectivity index is 1.82. The lowest BCUT2D eigenvalue weighted by Gasteiger charge is -2.26. The topological polar surface area (TPSA) is 24.5 Å². The van der Waals surface area contributed by atoms with Gasteiger partial charge in [-0.15, -0.1) is 0 Å². The lowest BCUT2D eigenvalue weighted by molar-refractivity contribution is 0.474. The van der Waals surface area contributed by atoms with E-state index in [1.165, 1.54) is 0 Å². The molecule has 0 aromatic heterocycles. The van der Waals surface area contributed by atoms with Gasteiger partial charge in [-0.1, -0.05) is 28.1 Å². The second-order valence-corrected chi connectivity index (χ2v) is 5.48. The monoisotopic (exact) mass is 346 g/mol. The van der Waals surface area contributed by atoms with Crippen LogP contribution in [0.15, 0.2) is 65.5 Å². The summed E-state index contributed by atoms with van der Waals surface area (Å²) in [4.78, 5) is 1.89. The molecule has 0 saturated heterocycles. The molecule has 1 aliphatic rings. The number of rotatable bonds is 1. The molecule has 0 radical (unpaired) electrons. The summed E-state index contributed by atoms with van der Waals surface area (Å²) < 4.78 is 6.49. The number of para-hydroxylation sites is 2. The van der Waals surface area contributed by atoms with Crippen LogP contribution in [0.1, 0.15) is 0 Å². The van der Waals surface area contributed by atoms with Crippen molar-refractivity contribution >= 4 is 44.6 Å². The number of fused-ring (bicyclic) bond motifs is 1. The molecule has 20 heavy (non-hydrogen) atoms. The first-order chi connectivity index (χ1) is 9.74. The maximum absolute atomic E-state index is 5.46. The van der Waals surface area contributed by atoms with Crippen molar-refractivity contribution in [2.45, 2.75) is 0 Å². The van der Waals surface area contributed by atoms with Crippen LogP contribution in [0, 0.1) is 0 Å². The van der Waals surface area contributed by atoms with Crippen molar-refractivity contribution in [3.63, 3.8) is 0 Å². The van der Waals surface area contributed by atoms with E-state index in [1.807, 2.05) is 53.4 Å². The summed E-state index contributed by atoms with van der Waals surface area (Å²) in [5.41, 5.74) is 1.86. The number of halogens is 1. The van der Waals surface area contributed by atoms with E-state index in [9.17, 15) is 0 Å². The Morgan fingerprint density at radius 3 is 2.65 bits per heavy atom. The van der Waals surface area contributed by atoms with Gasteiger partial charge in [0.05, 0.1) is 5.69 Å². The summed E-state index contributed by atoms with van der Waals surface area (Å²) >= 11 is 8.87. The van der Waals surface area contributed by atoms with E-state index in [4.69, 9.17) is 17.0 Å². The molecule has 0 saturated carbocycles. The largest absolute Gasteiger partial charge is 0.461 e. The first-order valence-corrected chi connectivity index (χ1v) is 7.22. The average Bonchev–Trinajstić information content (AvgIpc) is 2.49. The van der Waals surface area contributed by atoms with E-state index in [1.54, 1.807) is 12.5 Å². The molecular formula is C15H11BrN2OS. The predicted octanol–water partition coefficient (Wildman–Crippen LogP) is 4.52. The van der Waals surface area contributed by atoms with Crippen LogP contribution in [-0.2, 0) is 0 Å². The van der Waals surface area contributed by atoms with E-state index in [0.717, 1.165) is 21.6 Å². The Labute approximate surface area is 131 Å². The molecule has 3 nitrogen and oxygen atoms in total. The standard InChI is InChI=1S/C15H11BrN2OS/c16-11-5-7-12(8-6-11)17-15(20)18-9-10-19-14-4-2-1-3-13(14)18/h1-10H,(H,17,20). The van der Waals surface area contributed by atoms with Gasteiger partial charge in [-0.2, -0.15) is 0 Å². The van der Waals surface area contributed by atoms with Gasteiger partial charge in [0.15, 0.2) is 10.9 Å². The van der Waals surface area contributed by atoms with Crippen LogP contribution in [0.5, 0.6) is 5.75 Å². The zero-order chi connectivity index (χ0) is 13.9. The molecule has 0 amide bonds. The third-order valence-corrected chi connectivity index (χ3v) is 3.67. The first kappa shape index (κ1) is 13.1. The van der Waals surface area contributed by atoms with Gasteiger partial charge in [0.25, 0.3) is 0 Å². The average molecular weight is 347 g/mol. The summed E-state index contributed by atoms with van der Waals surface area (Å²) in [6.45, 7) is 0. The number of hydrogen-bond acceptors (Lipinski definition) is 2. The lowest BCUT2D eigenvalue weighted by atomic mass is 10.2. The molecule has 1 heterocycles. The molecule has 0 atom stereocenters. The van der Waals surface area contributed by atoms with Gasteiger partial charge in [0, 0.05) is 16.4 Å². The van der Waals surface area contributed by atoms with Gasteiger partial charge >= 0.3 is 0 Å². The minimum Gasteiger partial charge on any atom is -0.461 e. The molecule has 1 N–H and O–H groups in total. The molecule has 100 valence electrons. The van der Waals surface area contributed by atoms with Gasteiger partial charge in [0.1, 0.15) is 6.26 Å². The Hall–Kier alpha value is -1.85. The van der Waals surface area contributed by atoms with E-state index in [0.29, 0.717) is 5.11 Å². The highest BCUT2D eigenvalue weighted by Gasteiger charge is 2.17. The van der Waals surface area contributed by atoms with Crippen LogP contribution in [0.2, 0.25) is 0 Å². The van der Waals surface area contributed by atoms with E-state index in [-0.39, 0.29) is 0 Å². The normalized spacial score (nSPS) is 12.6. The van der Waals surface area contributed by atoms with E-state index < -0.39 is 0 Å². The fourth-order valence-electron chi connectivity index (χ4n) is 1.89. The summed E-state index contributed by atoms with van der Waals surface area (Å²) in [6.07, 6.45) is 3.43. The van der Waals surface area contributed by atoms with Crippen molar-refractivity contribution < 1.29 is 4.74 Å². The molecular weight excluding hydrogens is 336 g/mol. The van der Waals surface area contributed by atoms with Crippen LogP contribution in [0.25, 0.3) is 0 Å². The molecule has 0 fully saturated rings. The minimum atomic E-state index is 0.597. The van der Waals surface area contributed by atoms with Crippen LogP contribution in [0.3, 0.4) is 0 Å². The van der Waals surface area contributed by atoms with Crippen molar-refractivity contribution in [1.82, 2.24) is 0 Å². The van der Waals surface area contributed by atoms with Crippen molar-refractivity contribution in [2.24, 2.45) is 0 Å². The minimum absolute atomic E-state index is 0.597. The number of nitrogens with zero attached hydrogens (tertiary/aromatic N) is 1. The van der Waals surface area contributed by atoms with Crippen molar-refractivity contribution in [3.05, 3.63) is 65.5 Å². The molecule has 2 aromatic carbocycles. The smallest absolute Gasteiger partial charge is 0.182 e. The fourth-order valence-corrected chi connectivity index (χ4v) is 2.44. The summed E-state index contributed by atoms with van der Waals surface area (Å²) in [5, 5.41) is 3.81. The highest BCUT2D eigenvalue weighted by molar-refractivity contribution is 9.10. The molecule has 0 bridgehead atoms. The Bertz CT molecular complexity index is 670. The van der Waals surface area contributed by atoms with Crippen LogP contribution >= 0.6 is 28.1 Å². The van der Waals surface area contributed by atoms with Crippen molar-refractivity contribution in [3.8, 4) is 5.75 Å². The maximum atomic E-state index is 5.46. The van der Waals surface area contributed by atoms with Gasteiger partial charge in [-0.3, -0.25) is 4.90 Å². The SMILES string of the molecule is S=C(Nc1ccc(Br)cc1)N1C=COc2ccccc21. The zero-order valence-electron chi connectivity index (χ0n) is 10.4. The highest BCUT2D eigenvalue weighted by Crippen LogP contribution is 2.32. The highest BCUT2D eigenvalue weighted by atomic mass is 79.9. The van der Waals surface area contributed by atoms with Gasteiger partial charge in [0.2, 0.25) is 0 Å². The number of hydrogen-bond donors (Lipinski definition) is 1. The van der Waals surface area contributed by atoms with Crippen LogP contribution in [-0.4, -0.2) is 5.11 Å². The first-order valence-electron chi connectivity index (χ1n) is 6.02. The zero-order valence-corrected chi connectivity index (χ0v) is 12.8. The number of benzene rings is 2. The van der Waals surface area contributed by atoms with Gasteiger partial charge in [-0.25, -0.2) is 0 Å². The number of anilines is 2. The van der Waals surface area contributed by atoms with Gasteiger partial charge in [-0.05, 0) is 48.6 Å². The van der Waals surface area contributed by atoms with Crippen molar-refractivity contribution in [1.29, 1.82) is 0 Å². The molecule has 0 unspecified atom stereocenters. The predicted molar refractivity (Wildman–Crippen MR) is 89.1 cm³/mol. The summed E-state index contributed by atoms with van der Waals surface area (Å²) in [6, 6.07) is 15.6. The quantitative estimate of drug-likeness (QED) is 0.767. The fraction of sp³-hybridized carbons (Fsp3) is 0. The van der Waals surface area contributed by atoms with Crippen molar-refractivity contribution in [2.75, 3.05) is 10.2 Å². The molecule has 0 aliphatic carbocycles. The molecule has 1 aliphatic heterocycles.